The summed E-state index contributed by atoms with van der Waals surface area (Å²) >= 11 is 1.58. The molecule has 1 saturated heterocycles. The second-order valence-electron chi connectivity index (χ2n) is 3.93. The van der Waals surface area contributed by atoms with Crippen molar-refractivity contribution >= 4 is 29.3 Å². The van der Waals surface area contributed by atoms with Gasteiger partial charge in [-0.15, -0.1) is 11.8 Å². The van der Waals surface area contributed by atoms with Gasteiger partial charge in [-0.2, -0.15) is 0 Å². The van der Waals surface area contributed by atoms with Crippen molar-refractivity contribution in [3.05, 3.63) is 24.3 Å². The first kappa shape index (κ1) is 12.0. The topological polar surface area (TPSA) is 60.4 Å². The van der Waals surface area contributed by atoms with E-state index in [1.54, 1.807) is 11.8 Å². The van der Waals surface area contributed by atoms with Gasteiger partial charge in [0, 0.05) is 35.4 Å². The van der Waals surface area contributed by atoms with E-state index in [-0.39, 0.29) is 18.9 Å². The summed E-state index contributed by atoms with van der Waals surface area (Å²) in [5, 5.41) is 10.8. The van der Waals surface area contributed by atoms with E-state index in [9.17, 15) is 14.7 Å². The smallest absolute Gasteiger partial charge is 0.227 e. The van der Waals surface area contributed by atoms with Crippen LogP contribution in [-0.2, 0) is 9.59 Å². The molecule has 1 aromatic carbocycles. The number of hydrogen-bond donors (Lipinski definition) is 0. The molecule has 5 heteroatoms. The molecule has 0 unspecified atom stereocenters. The maximum atomic E-state index is 11.7. The average molecular weight is 250 g/mol. The summed E-state index contributed by atoms with van der Waals surface area (Å²) in [5.41, 5.74) is 0.755. The van der Waals surface area contributed by atoms with Crippen LogP contribution in [0.3, 0.4) is 0 Å². The first-order valence-electron chi connectivity index (χ1n) is 5.27. The number of anilines is 1. The maximum Gasteiger partial charge on any atom is 0.227 e. The number of rotatable bonds is 3. The Morgan fingerprint density at radius 1 is 1.53 bits per heavy atom. The highest BCUT2D eigenvalue weighted by Gasteiger charge is 2.31. The van der Waals surface area contributed by atoms with Gasteiger partial charge in [0.1, 0.15) is 0 Å². The van der Waals surface area contributed by atoms with Crippen LogP contribution in [0.1, 0.15) is 6.42 Å². The Hall–Kier alpha value is -1.49. The number of carboxylic acid groups (broad SMARTS) is 1. The number of hydrogen-bond acceptors (Lipinski definition) is 4. The number of nitrogens with zero attached hydrogens (tertiary/aromatic N) is 1. The van der Waals surface area contributed by atoms with E-state index in [1.165, 1.54) is 4.90 Å². The van der Waals surface area contributed by atoms with Crippen molar-refractivity contribution in [2.75, 3.05) is 17.7 Å². The van der Waals surface area contributed by atoms with Crippen molar-refractivity contribution in [2.45, 2.75) is 11.3 Å². The van der Waals surface area contributed by atoms with E-state index in [0.29, 0.717) is 0 Å². The van der Waals surface area contributed by atoms with Crippen LogP contribution in [-0.4, -0.2) is 24.7 Å². The number of amides is 1. The third-order valence-electron chi connectivity index (χ3n) is 2.82. The molecule has 0 bridgehead atoms. The van der Waals surface area contributed by atoms with Gasteiger partial charge in [-0.05, 0) is 24.5 Å². The molecule has 90 valence electrons. The quantitative estimate of drug-likeness (QED) is 0.733. The summed E-state index contributed by atoms with van der Waals surface area (Å²) in [6.07, 6.45) is 1.99. The molecule has 4 nitrogen and oxygen atoms in total. The highest BCUT2D eigenvalue weighted by atomic mass is 32.2. The maximum absolute atomic E-state index is 11.7. The van der Waals surface area contributed by atoms with Crippen molar-refractivity contribution < 1.29 is 14.7 Å². The van der Waals surface area contributed by atoms with Gasteiger partial charge < -0.3 is 14.8 Å². The van der Waals surface area contributed by atoms with Gasteiger partial charge in [0.15, 0.2) is 0 Å². The predicted molar refractivity (Wildman–Crippen MR) is 63.7 cm³/mol. The molecule has 0 radical (unpaired) electrons. The van der Waals surface area contributed by atoms with Crippen LogP contribution in [0.2, 0.25) is 0 Å². The van der Waals surface area contributed by atoms with Gasteiger partial charge in [0.25, 0.3) is 0 Å². The largest absolute Gasteiger partial charge is 0.550 e. The van der Waals surface area contributed by atoms with Gasteiger partial charge in [-0.25, -0.2) is 0 Å². The summed E-state index contributed by atoms with van der Waals surface area (Å²) in [6, 6.07) is 7.52. The fourth-order valence-corrected chi connectivity index (χ4v) is 2.35. The third kappa shape index (κ3) is 2.44. The fourth-order valence-electron chi connectivity index (χ4n) is 1.89. The first-order chi connectivity index (χ1) is 8.11. The Kier molecular flexibility index (Phi) is 3.38. The lowest BCUT2D eigenvalue weighted by Crippen LogP contribution is -2.33. The van der Waals surface area contributed by atoms with Gasteiger partial charge in [-0.3, -0.25) is 4.79 Å². The Labute approximate surface area is 104 Å². The van der Waals surface area contributed by atoms with E-state index in [4.69, 9.17) is 0 Å². The minimum atomic E-state index is -1.15. The molecule has 1 heterocycles. The van der Waals surface area contributed by atoms with Gasteiger partial charge in [0.05, 0.1) is 0 Å². The molecule has 2 rings (SSSR count). The molecule has 1 aromatic rings. The number of carbonyl (C=O) groups is 2. The standard InChI is InChI=1S/C12H13NO3S/c1-17-10-4-2-3-9(6-10)13-7-8(12(15)16)5-11(13)14/h2-4,6,8H,5,7H2,1H3,(H,15,16)/p-1/t8-/m1/s1. The Bertz CT molecular complexity index is 461. The van der Waals surface area contributed by atoms with E-state index in [2.05, 4.69) is 0 Å². The third-order valence-corrected chi connectivity index (χ3v) is 3.55. The van der Waals surface area contributed by atoms with Crippen molar-refractivity contribution in [1.82, 2.24) is 0 Å². The van der Waals surface area contributed by atoms with E-state index in [0.717, 1.165) is 10.6 Å². The normalized spacial score (nSPS) is 19.7. The van der Waals surface area contributed by atoms with Crippen LogP contribution in [0.25, 0.3) is 0 Å². The number of thioether (sulfide) groups is 1. The van der Waals surface area contributed by atoms with E-state index >= 15 is 0 Å². The van der Waals surface area contributed by atoms with Crippen molar-refractivity contribution in [3.63, 3.8) is 0 Å². The first-order valence-corrected chi connectivity index (χ1v) is 6.49. The average Bonchev–Trinajstić information content (AvgIpc) is 2.72. The van der Waals surface area contributed by atoms with E-state index < -0.39 is 11.9 Å². The number of carboxylic acids is 1. The molecule has 0 spiro atoms. The summed E-state index contributed by atoms with van der Waals surface area (Å²) in [7, 11) is 0. The molecule has 1 amide bonds. The highest BCUT2D eigenvalue weighted by molar-refractivity contribution is 7.98. The lowest BCUT2D eigenvalue weighted by molar-refractivity contribution is -0.310. The molecule has 17 heavy (non-hydrogen) atoms. The number of benzene rings is 1. The van der Waals surface area contributed by atoms with Crippen molar-refractivity contribution in [1.29, 1.82) is 0 Å². The van der Waals surface area contributed by atoms with Crippen molar-refractivity contribution in [3.8, 4) is 0 Å². The number of carbonyl (C=O) groups excluding carboxylic acids is 2. The SMILES string of the molecule is CSc1cccc(N2C[C@H](C(=O)[O-])CC2=O)c1. The summed E-state index contributed by atoms with van der Waals surface area (Å²) < 4.78 is 0. The molecule has 1 atom stereocenters. The molecule has 1 aliphatic heterocycles. The lowest BCUT2D eigenvalue weighted by Gasteiger charge is -2.17. The molecular formula is C12H12NO3S-. The van der Waals surface area contributed by atoms with Gasteiger partial charge in [-0.1, -0.05) is 6.07 Å². The van der Waals surface area contributed by atoms with Crippen molar-refractivity contribution in [2.24, 2.45) is 5.92 Å². The second kappa shape index (κ2) is 4.79. The number of aliphatic carboxylic acids is 1. The molecular weight excluding hydrogens is 238 g/mol. The Morgan fingerprint density at radius 2 is 2.29 bits per heavy atom. The van der Waals surface area contributed by atoms with E-state index in [1.807, 2.05) is 30.5 Å². The zero-order chi connectivity index (χ0) is 12.4. The summed E-state index contributed by atoms with van der Waals surface area (Å²) in [6.45, 7) is 0.207. The van der Waals surface area contributed by atoms with Gasteiger partial charge >= 0.3 is 0 Å². The molecule has 0 saturated carbocycles. The van der Waals surface area contributed by atoms with Crippen LogP contribution in [0.4, 0.5) is 5.69 Å². The summed E-state index contributed by atoms with van der Waals surface area (Å²) in [4.78, 5) is 25.0. The minimum Gasteiger partial charge on any atom is -0.550 e. The molecule has 0 aliphatic carbocycles. The zero-order valence-corrected chi connectivity index (χ0v) is 10.2. The summed E-state index contributed by atoms with van der Waals surface area (Å²) in [5.74, 6) is -2.00. The fraction of sp³-hybridized carbons (Fsp3) is 0.333. The molecule has 1 fully saturated rings. The monoisotopic (exact) mass is 250 g/mol. The Morgan fingerprint density at radius 3 is 2.88 bits per heavy atom. The minimum absolute atomic E-state index is 0.0336. The second-order valence-corrected chi connectivity index (χ2v) is 4.81. The zero-order valence-electron chi connectivity index (χ0n) is 9.38. The van der Waals surface area contributed by atoms with Gasteiger partial charge in [0.2, 0.25) is 5.91 Å². The van der Waals surface area contributed by atoms with Crippen LogP contribution in [0, 0.1) is 5.92 Å². The predicted octanol–water partition coefficient (Wildman–Crippen LogP) is 0.511. The van der Waals surface area contributed by atoms with Crippen LogP contribution in [0.5, 0.6) is 0 Å². The van der Waals surface area contributed by atoms with Crippen LogP contribution < -0.4 is 10.0 Å². The molecule has 0 N–H and O–H groups in total. The molecule has 1 aliphatic rings. The lowest BCUT2D eigenvalue weighted by atomic mass is 10.1. The molecule has 0 aromatic heterocycles. The Balaban J connectivity index is 2.22. The highest BCUT2D eigenvalue weighted by Crippen LogP contribution is 2.27. The van der Waals surface area contributed by atoms with Crippen LogP contribution >= 0.6 is 11.8 Å². The van der Waals surface area contributed by atoms with Crippen LogP contribution in [0.15, 0.2) is 29.2 Å².